The molecule has 8 nitrogen and oxygen atoms in total. The number of rotatable bonds is 7. The molecule has 0 saturated heterocycles. The van der Waals surface area contributed by atoms with E-state index in [-0.39, 0.29) is 21.3 Å². The van der Waals surface area contributed by atoms with E-state index in [2.05, 4.69) is 10.0 Å². The molecule has 0 radical (unpaired) electrons. The number of nitrogens with zero attached hydrogens (tertiary/aromatic N) is 1. The van der Waals surface area contributed by atoms with Crippen molar-refractivity contribution in [2.24, 2.45) is 0 Å². The van der Waals surface area contributed by atoms with Gasteiger partial charge in [0.25, 0.3) is 15.7 Å². The maximum absolute atomic E-state index is 12.5. The van der Waals surface area contributed by atoms with Gasteiger partial charge in [0.2, 0.25) is 5.91 Å². The van der Waals surface area contributed by atoms with E-state index in [0.717, 1.165) is 0 Å². The number of benzene rings is 3. The number of halogens is 1. The highest BCUT2D eigenvalue weighted by molar-refractivity contribution is 7.92. The van der Waals surface area contributed by atoms with Crippen LogP contribution >= 0.6 is 11.6 Å². The third-order valence-corrected chi connectivity index (χ3v) is 5.79. The van der Waals surface area contributed by atoms with Crippen LogP contribution in [0.15, 0.2) is 83.8 Å². The zero-order chi connectivity index (χ0) is 22.4. The first-order chi connectivity index (χ1) is 14.7. The number of amides is 1. The number of carbonyl (C=O) groups excluding carboxylic acids is 1. The molecule has 0 spiro atoms. The van der Waals surface area contributed by atoms with Crippen LogP contribution in [0.25, 0.3) is 6.08 Å². The monoisotopic (exact) mass is 457 g/mol. The van der Waals surface area contributed by atoms with Crippen molar-refractivity contribution < 1.29 is 18.1 Å². The minimum absolute atomic E-state index is 0.00633. The van der Waals surface area contributed by atoms with E-state index in [1.165, 1.54) is 60.7 Å². The molecule has 158 valence electrons. The fourth-order valence-electron chi connectivity index (χ4n) is 2.53. The molecule has 0 aliphatic carbocycles. The van der Waals surface area contributed by atoms with E-state index >= 15 is 0 Å². The molecule has 3 aromatic rings. The van der Waals surface area contributed by atoms with Gasteiger partial charge in [-0.1, -0.05) is 23.7 Å². The molecule has 0 saturated carbocycles. The molecule has 31 heavy (non-hydrogen) atoms. The Bertz CT molecular complexity index is 1240. The minimum Gasteiger partial charge on any atom is -0.323 e. The van der Waals surface area contributed by atoms with Gasteiger partial charge in [0.05, 0.1) is 20.5 Å². The van der Waals surface area contributed by atoms with Crippen LogP contribution in [-0.2, 0) is 14.8 Å². The second-order valence-electron chi connectivity index (χ2n) is 6.28. The van der Waals surface area contributed by atoms with Crippen molar-refractivity contribution in [3.05, 3.63) is 99.6 Å². The second-order valence-corrected chi connectivity index (χ2v) is 8.37. The summed E-state index contributed by atoms with van der Waals surface area (Å²) in [5.41, 5.74) is 1.24. The summed E-state index contributed by atoms with van der Waals surface area (Å²) in [4.78, 5) is 22.2. The van der Waals surface area contributed by atoms with Crippen LogP contribution in [0.1, 0.15) is 5.56 Å². The lowest BCUT2D eigenvalue weighted by molar-refractivity contribution is -0.384. The van der Waals surface area contributed by atoms with Gasteiger partial charge >= 0.3 is 0 Å². The molecule has 0 fully saturated rings. The highest BCUT2D eigenvalue weighted by Gasteiger charge is 2.15. The van der Waals surface area contributed by atoms with Crippen molar-refractivity contribution in [1.29, 1.82) is 0 Å². The van der Waals surface area contributed by atoms with Gasteiger partial charge in [-0.25, -0.2) is 8.42 Å². The summed E-state index contributed by atoms with van der Waals surface area (Å²) in [6.45, 7) is 0. The average molecular weight is 458 g/mol. The molecule has 0 aliphatic heterocycles. The maximum Gasteiger partial charge on any atom is 0.269 e. The normalized spacial score (nSPS) is 11.3. The Morgan fingerprint density at radius 2 is 1.61 bits per heavy atom. The van der Waals surface area contributed by atoms with Crippen LogP contribution in [0, 0.1) is 10.1 Å². The van der Waals surface area contributed by atoms with Crippen LogP contribution in [0.3, 0.4) is 0 Å². The van der Waals surface area contributed by atoms with E-state index < -0.39 is 20.9 Å². The molecule has 3 aromatic carbocycles. The molecular weight excluding hydrogens is 442 g/mol. The molecule has 0 aromatic heterocycles. The zero-order valence-corrected chi connectivity index (χ0v) is 17.4. The number of non-ortho nitro benzene ring substituents is 1. The van der Waals surface area contributed by atoms with Crippen molar-refractivity contribution in [3.63, 3.8) is 0 Å². The summed E-state index contributed by atoms with van der Waals surface area (Å²) in [5.74, 6) is -0.442. The SMILES string of the molecule is O=C(/C=C/c1ccc([N+](=O)[O-])cc1)Nc1ccc(S(=O)(=O)Nc2ccccc2Cl)cc1. The molecule has 0 bridgehead atoms. The Morgan fingerprint density at radius 3 is 2.23 bits per heavy atom. The van der Waals surface area contributed by atoms with Gasteiger partial charge in [0.15, 0.2) is 0 Å². The number of anilines is 2. The van der Waals surface area contributed by atoms with E-state index in [1.54, 1.807) is 24.3 Å². The predicted octanol–water partition coefficient (Wildman–Crippen LogP) is 4.70. The van der Waals surface area contributed by atoms with Crippen molar-refractivity contribution >= 4 is 50.7 Å². The molecule has 0 atom stereocenters. The topological polar surface area (TPSA) is 118 Å². The Morgan fingerprint density at radius 1 is 0.968 bits per heavy atom. The second kappa shape index (κ2) is 9.41. The first kappa shape index (κ1) is 22.0. The van der Waals surface area contributed by atoms with E-state index in [4.69, 9.17) is 11.6 Å². The fourth-order valence-corrected chi connectivity index (χ4v) is 3.85. The summed E-state index contributed by atoms with van der Waals surface area (Å²) in [6, 6.07) is 17.8. The first-order valence-electron chi connectivity index (χ1n) is 8.85. The Balaban J connectivity index is 1.63. The molecule has 10 heteroatoms. The molecule has 0 heterocycles. The van der Waals surface area contributed by atoms with Gasteiger partial charge in [-0.3, -0.25) is 19.6 Å². The van der Waals surface area contributed by atoms with Crippen LogP contribution in [-0.4, -0.2) is 19.2 Å². The maximum atomic E-state index is 12.5. The van der Waals surface area contributed by atoms with Crippen LogP contribution in [0.2, 0.25) is 5.02 Å². The number of para-hydroxylation sites is 1. The van der Waals surface area contributed by atoms with Gasteiger partial charge in [0.1, 0.15) is 0 Å². The van der Waals surface area contributed by atoms with Crippen LogP contribution < -0.4 is 10.0 Å². The lowest BCUT2D eigenvalue weighted by Gasteiger charge is -2.10. The Kier molecular flexibility index (Phi) is 6.68. The van der Waals surface area contributed by atoms with Crippen molar-refractivity contribution in [1.82, 2.24) is 0 Å². The average Bonchev–Trinajstić information content (AvgIpc) is 2.74. The summed E-state index contributed by atoms with van der Waals surface area (Å²) in [7, 11) is -3.85. The molecule has 1 amide bonds. The van der Waals surface area contributed by atoms with Crippen LogP contribution in [0.4, 0.5) is 17.1 Å². The van der Waals surface area contributed by atoms with E-state index in [1.807, 2.05) is 0 Å². The minimum atomic E-state index is -3.85. The van der Waals surface area contributed by atoms with Gasteiger partial charge in [0, 0.05) is 23.9 Å². The number of hydrogen-bond donors (Lipinski definition) is 2. The molecule has 0 unspecified atom stereocenters. The van der Waals surface area contributed by atoms with Gasteiger partial charge in [-0.15, -0.1) is 0 Å². The number of hydrogen-bond acceptors (Lipinski definition) is 5. The number of nitro benzene ring substituents is 1. The first-order valence-corrected chi connectivity index (χ1v) is 10.7. The largest absolute Gasteiger partial charge is 0.323 e. The van der Waals surface area contributed by atoms with E-state index in [9.17, 15) is 23.3 Å². The van der Waals surface area contributed by atoms with E-state index in [0.29, 0.717) is 11.3 Å². The highest BCUT2D eigenvalue weighted by Crippen LogP contribution is 2.24. The smallest absolute Gasteiger partial charge is 0.269 e. The number of nitrogens with one attached hydrogen (secondary N) is 2. The molecule has 2 N–H and O–H groups in total. The van der Waals surface area contributed by atoms with Crippen LogP contribution in [0.5, 0.6) is 0 Å². The fraction of sp³-hybridized carbons (Fsp3) is 0. The summed E-state index contributed by atoms with van der Waals surface area (Å²) < 4.78 is 27.4. The predicted molar refractivity (Wildman–Crippen MR) is 119 cm³/mol. The lowest BCUT2D eigenvalue weighted by Crippen LogP contribution is -2.13. The van der Waals surface area contributed by atoms with Gasteiger partial charge < -0.3 is 5.32 Å². The molecule has 0 aliphatic rings. The Hall–Kier alpha value is -3.69. The summed E-state index contributed by atoms with van der Waals surface area (Å²) in [5, 5.41) is 13.5. The van der Waals surface area contributed by atoms with Gasteiger partial charge in [-0.2, -0.15) is 0 Å². The van der Waals surface area contributed by atoms with Crippen molar-refractivity contribution in [2.45, 2.75) is 4.90 Å². The van der Waals surface area contributed by atoms with Crippen molar-refractivity contribution in [3.8, 4) is 0 Å². The third-order valence-electron chi connectivity index (χ3n) is 4.08. The number of nitro groups is 1. The Labute approximate surface area is 183 Å². The molecular formula is C21H16ClN3O5S. The molecule has 3 rings (SSSR count). The standard InChI is InChI=1S/C21H16ClN3O5S/c22-19-3-1-2-4-20(19)24-31(29,30)18-12-8-16(9-13-18)23-21(26)14-7-15-5-10-17(11-6-15)25(27)28/h1-14,24H,(H,23,26)/b14-7+. The number of sulfonamides is 1. The summed E-state index contributed by atoms with van der Waals surface area (Å²) in [6.07, 6.45) is 2.77. The zero-order valence-electron chi connectivity index (χ0n) is 15.9. The lowest BCUT2D eigenvalue weighted by atomic mass is 10.2. The number of carbonyl (C=O) groups is 1. The quantitative estimate of drug-likeness (QED) is 0.303. The third kappa shape index (κ3) is 5.91. The van der Waals surface area contributed by atoms with Crippen molar-refractivity contribution in [2.75, 3.05) is 10.0 Å². The highest BCUT2D eigenvalue weighted by atomic mass is 35.5. The van der Waals surface area contributed by atoms with Gasteiger partial charge in [-0.05, 0) is 60.2 Å². The summed E-state index contributed by atoms with van der Waals surface area (Å²) >= 11 is 5.99.